The minimum atomic E-state index is 0.452. The molecule has 0 atom stereocenters. The molecular weight excluding hydrogens is 373 g/mol. The van der Waals surface area contributed by atoms with Crippen molar-refractivity contribution in [1.29, 1.82) is 0 Å². The van der Waals surface area contributed by atoms with Crippen LogP contribution in [0.2, 0.25) is 5.02 Å². The van der Waals surface area contributed by atoms with Gasteiger partial charge < -0.3 is 5.73 Å². The zero-order chi connectivity index (χ0) is 13.6. The van der Waals surface area contributed by atoms with E-state index < -0.39 is 0 Å². The molecule has 0 saturated carbocycles. The molecule has 5 heteroatoms. The van der Waals surface area contributed by atoms with Crippen LogP contribution in [-0.4, -0.2) is 9.55 Å². The van der Waals surface area contributed by atoms with Crippen LogP contribution in [0.1, 0.15) is 5.56 Å². The average Bonchev–Trinajstić information content (AvgIpc) is 2.65. The highest BCUT2D eigenvalue weighted by atomic mass is 127. The fraction of sp³-hybridized carbons (Fsp3) is 0.0714. The van der Waals surface area contributed by atoms with Crippen LogP contribution >= 0.6 is 34.2 Å². The Morgan fingerprint density at radius 2 is 2.05 bits per heavy atom. The highest BCUT2D eigenvalue weighted by molar-refractivity contribution is 14.1. The van der Waals surface area contributed by atoms with Gasteiger partial charge in [-0.25, -0.2) is 4.98 Å². The van der Waals surface area contributed by atoms with Crippen LogP contribution in [0.4, 0.5) is 5.95 Å². The summed E-state index contributed by atoms with van der Waals surface area (Å²) in [6, 6.07) is 11.9. The van der Waals surface area contributed by atoms with Gasteiger partial charge in [0.2, 0.25) is 5.95 Å². The molecule has 19 heavy (non-hydrogen) atoms. The maximum Gasteiger partial charge on any atom is 0.205 e. The summed E-state index contributed by atoms with van der Waals surface area (Å²) < 4.78 is 3.04. The molecule has 0 spiro atoms. The third kappa shape index (κ3) is 2.08. The number of nitrogens with zero attached hydrogens (tertiary/aromatic N) is 2. The van der Waals surface area contributed by atoms with E-state index in [-0.39, 0.29) is 0 Å². The molecule has 2 aromatic carbocycles. The van der Waals surface area contributed by atoms with Crippen LogP contribution in [-0.2, 0) is 0 Å². The number of fused-ring (bicyclic) bond motifs is 1. The Labute approximate surface area is 129 Å². The zero-order valence-corrected chi connectivity index (χ0v) is 13.1. The third-order valence-corrected chi connectivity index (χ3v) is 4.03. The maximum absolute atomic E-state index is 6.32. The van der Waals surface area contributed by atoms with E-state index >= 15 is 0 Å². The van der Waals surface area contributed by atoms with Crippen molar-refractivity contribution >= 4 is 51.2 Å². The Hall–Kier alpha value is -1.27. The molecule has 0 amide bonds. The van der Waals surface area contributed by atoms with Crippen molar-refractivity contribution in [1.82, 2.24) is 9.55 Å². The molecule has 0 radical (unpaired) electrons. The molecule has 1 heterocycles. The Morgan fingerprint density at radius 3 is 2.79 bits per heavy atom. The molecule has 0 aliphatic rings. The van der Waals surface area contributed by atoms with Crippen LogP contribution in [0.5, 0.6) is 0 Å². The molecule has 0 fully saturated rings. The zero-order valence-electron chi connectivity index (χ0n) is 10.2. The second-order valence-corrected chi connectivity index (χ2v) is 6.00. The van der Waals surface area contributed by atoms with Gasteiger partial charge in [0.1, 0.15) is 0 Å². The first-order chi connectivity index (χ1) is 9.08. The molecule has 3 rings (SSSR count). The molecule has 3 aromatic rings. The lowest BCUT2D eigenvalue weighted by Crippen LogP contribution is -2.03. The lowest BCUT2D eigenvalue weighted by Gasteiger charge is -2.11. The monoisotopic (exact) mass is 383 g/mol. The van der Waals surface area contributed by atoms with Crippen LogP contribution in [0.15, 0.2) is 36.4 Å². The fourth-order valence-electron chi connectivity index (χ4n) is 2.21. The van der Waals surface area contributed by atoms with Crippen LogP contribution in [0.25, 0.3) is 16.7 Å². The number of imidazole rings is 1. The molecule has 0 aliphatic heterocycles. The predicted molar refractivity (Wildman–Crippen MR) is 87.9 cm³/mol. The second-order valence-electron chi connectivity index (χ2n) is 4.34. The van der Waals surface area contributed by atoms with Gasteiger partial charge in [-0.15, -0.1) is 0 Å². The van der Waals surface area contributed by atoms with E-state index in [1.165, 1.54) is 0 Å². The normalized spacial score (nSPS) is 11.1. The number of nitrogens with two attached hydrogens (primary N) is 1. The van der Waals surface area contributed by atoms with Crippen molar-refractivity contribution in [2.45, 2.75) is 6.92 Å². The lowest BCUT2D eigenvalue weighted by atomic mass is 10.2. The summed E-state index contributed by atoms with van der Waals surface area (Å²) >= 11 is 8.58. The van der Waals surface area contributed by atoms with Crippen molar-refractivity contribution in [2.24, 2.45) is 0 Å². The van der Waals surface area contributed by atoms with Gasteiger partial charge in [-0.05, 0) is 59.3 Å². The van der Waals surface area contributed by atoms with Crippen LogP contribution < -0.4 is 5.73 Å². The molecule has 0 saturated heterocycles. The Morgan fingerprint density at radius 1 is 1.26 bits per heavy atom. The molecule has 3 nitrogen and oxygen atoms in total. The first kappa shape index (κ1) is 12.7. The first-order valence-electron chi connectivity index (χ1n) is 5.77. The average molecular weight is 384 g/mol. The van der Waals surface area contributed by atoms with E-state index in [4.69, 9.17) is 17.3 Å². The molecule has 2 N–H and O–H groups in total. The van der Waals surface area contributed by atoms with Crippen molar-refractivity contribution in [2.75, 3.05) is 5.73 Å². The molecule has 0 unspecified atom stereocenters. The smallest absolute Gasteiger partial charge is 0.205 e. The van der Waals surface area contributed by atoms with Gasteiger partial charge in [-0.3, -0.25) is 4.57 Å². The Kier molecular flexibility index (Phi) is 3.14. The topological polar surface area (TPSA) is 43.8 Å². The van der Waals surface area contributed by atoms with Gasteiger partial charge in [0.15, 0.2) is 0 Å². The summed E-state index contributed by atoms with van der Waals surface area (Å²) in [5.74, 6) is 0.452. The number of para-hydroxylation sites is 1. The largest absolute Gasteiger partial charge is 0.369 e. The molecule has 1 aromatic heterocycles. The number of rotatable bonds is 1. The van der Waals surface area contributed by atoms with Gasteiger partial charge >= 0.3 is 0 Å². The van der Waals surface area contributed by atoms with E-state index in [2.05, 4.69) is 27.6 Å². The second kappa shape index (κ2) is 4.68. The fourth-order valence-corrected chi connectivity index (χ4v) is 2.99. The molecule has 0 bridgehead atoms. The maximum atomic E-state index is 6.32. The van der Waals surface area contributed by atoms with E-state index in [1.807, 2.05) is 47.9 Å². The molecule has 0 aliphatic carbocycles. The van der Waals surface area contributed by atoms with Gasteiger partial charge in [-0.2, -0.15) is 0 Å². The number of halogens is 2. The predicted octanol–water partition coefficient (Wildman–Crippen LogP) is 4.17. The van der Waals surface area contributed by atoms with Crippen molar-refractivity contribution < 1.29 is 0 Å². The number of aromatic nitrogens is 2. The van der Waals surface area contributed by atoms with E-state index in [0.29, 0.717) is 11.0 Å². The Bertz CT molecular complexity index is 759. The van der Waals surface area contributed by atoms with Crippen molar-refractivity contribution in [3.63, 3.8) is 0 Å². The number of anilines is 1. The SMILES string of the molecule is Cc1cccc(Cl)c1-n1c(N)nc2cc(I)ccc21. The van der Waals surface area contributed by atoms with Gasteiger partial charge in [-0.1, -0.05) is 23.7 Å². The van der Waals surface area contributed by atoms with Crippen LogP contribution in [0, 0.1) is 10.5 Å². The highest BCUT2D eigenvalue weighted by Gasteiger charge is 2.14. The molecule has 96 valence electrons. The van der Waals surface area contributed by atoms with Crippen molar-refractivity contribution in [3.05, 3.63) is 50.6 Å². The number of hydrogen-bond donors (Lipinski definition) is 1. The van der Waals surface area contributed by atoms with E-state index in [0.717, 1.165) is 25.9 Å². The standard InChI is InChI=1S/C14H11ClIN3/c1-8-3-2-4-10(15)13(8)19-12-6-5-9(16)7-11(12)18-14(19)17/h2-7H,1H3,(H2,17,18). The van der Waals surface area contributed by atoms with Gasteiger partial charge in [0.25, 0.3) is 0 Å². The van der Waals surface area contributed by atoms with E-state index in [9.17, 15) is 0 Å². The number of nitrogen functional groups attached to an aromatic ring is 1. The van der Waals surface area contributed by atoms with Gasteiger partial charge in [0, 0.05) is 3.57 Å². The third-order valence-electron chi connectivity index (χ3n) is 3.05. The minimum absolute atomic E-state index is 0.452. The number of aryl methyl sites for hydroxylation is 1. The number of benzene rings is 2. The summed E-state index contributed by atoms with van der Waals surface area (Å²) in [5, 5.41) is 0.671. The first-order valence-corrected chi connectivity index (χ1v) is 7.22. The highest BCUT2D eigenvalue weighted by Crippen LogP contribution is 2.30. The number of hydrogen-bond acceptors (Lipinski definition) is 2. The van der Waals surface area contributed by atoms with Gasteiger partial charge in [0.05, 0.1) is 21.7 Å². The lowest BCUT2D eigenvalue weighted by molar-refractivity contribution is 1.09. The Balaban J connectivity index is 2.40. The summed E-state index contributed by atoms with van der Waals surface area (Å²) in [4.78, 5) is 4.41. The van der Waals surface area contributed by atoms with Crippen LogP contribution in [0.3, 0.4) is 0 Å². The summed E-state index contributed by atoms with van der Waals surface area (Å²) in [6.07, 6.45) is 0. The molecular formula is C14H11ClIN3. The summed E-state index contributed by atoms with van der Waals surface area (Å²) in [6.45, 7) is 2.01. The minimum Gasteiger partial charge on any atom is -0.369 e. The summed E-state index contributed by atoms with van der Waals surface area (Å²) in [5.41, 5.74) is 9.87. The van der Waals surface area contributed by atoms with E-state index in [1.54, 1.807) is 0 Å². The van der Waals surface area contributed by atoms with Crippen molar-refractivity contribution in [3.8, 4) is 5.69 Å². The summed E-state index contributed by atoms with van der Waals surface area (Å²) in [7, 11) is 0. The quantitative estimate of drug-likeness (QED) is 0.641.